The zero-order valence-corrected chi connectivity index (χ0v) is 16.3. The average molecular weight is 391 g/mol. The molecule has 0 atom stereocenters. The fourth-order valence-corrected chi connectivity index (χ4v) is 2.65. The van der Waals surface area contributed by atoms with Crippen LogP contribution in [0.1, 0.15) is 23.0 Å². The van der Waals surface area contributed by atoms with Crippen molar-refractivity contribution in [2.24, 2.45) is 0 Å². The van der Waals surface area contributed by atoms with Crippen LogP contribution in [0, 0.1) is 6.92 Å². The normalized spacial score (nSPS) is 10.2. The number of amides is 1. The van der Waals surface area contributed by atoms with Crippen LogP contribution in [0.3, 0.4) is 0 Å². The van der Waals surface area contributed by atoms with Crippen molar-refractivity contribution in [3.05, 3.63) is 65.9 Å². The third-order valence-electron chi connectivity index (χ3n) is 3.87. The molecular formula is C21H21N5O3. The van der Waals surface area contributed by atoms with Crippen molar-refractivity contribution in [2.75, 3.05) is 23.1 Å². The van der Waals surface area contributed by atoms with E-state index < -0.39 is 0 Å². The Hall–Kier alpha value is -3.94. The summed E-state index contributed by atoms with van der Waals surface area (Å²) < 4.78 is 4.70. The van der Waals surface area contributed by atoms with Crippen LogP contribution >= 0.6 is 0 Å². The van der Waals surface area contributed by atoms with Gasteiger partial charge in [0, 0.05) is 35.7 Å². The second kappa shape index (κ2) is 8.83. The second-order valence-electron chi connectivity index (χ2n) is 6.30. The zero-order chi connectivity index (χ0) is 20.8. The first-order valence-electron chi connectivity index (χ1n) is 8.89. The number of esters is 1. The molecule has 0 aliphatic rings. The molecule has 0 spiro atoms. The van der Waals surface area contributed by atoms with Crippen molar-refractivity contribution < 1.29 is 14.3 Å². The van der Waals surface area contributed by atoms with E-state index in [2.05, 4.69) is 25.9 Å². The van der Waals surface area contributed by atoms with Crippen LogP contribution < -0.4 is 16.0 Å². The van der Waals surface area contributed by atoms with Crippen molar-refractivity contribution in [1.82, 2.24) is 9.97 Å². The van der Waals surface area contributed by atoms with Gasteiger partial charge in [-0.05, 0) is 49.4 Å². The second-order valence-corrected chi connectivity index (χ2v) is 6.30. The molecule has 0 aliphatic heterocycles. The fraction of sp³-hybridized carbons (Fsp3) is 0.143. The molecule has 1 heterocycles. The van der Waals surface area contributed by atoms with E-state index in [9.17, 15) is 9.59 Å². The number of nitrogens with zero attached hydrogens (tertiary/aromatic N) is 2. The number of hydrogen-bond donors (Lipinski definition) is 3. The van der Waals surface area contributed by atoms with E-state index >= 15 is 0 Å². The maximum Gasteiger partial charge on any atom is 0.337 e. The quantitative estimate of drug-likeness (QED) is 0.545. The van der Waals surface area contributed by atoms with Gasteiger partial charge >= 0.3 is 5.97 Å². The van der Waals surface area contributed by atoms with Crippen LogP contribution in [-0.4, -0.2) is 29.0 Å². The predicted molar refractivity (Wildman–Crippen MR) is 112 cm³/mol. The Balaban J connectivity index is 1.76. The van der Waals surface area contributed by atoms with E-state index in [1.165, 1.54) is 14.0 Å². The first-order chi connectivity index (χ1) is 13.9. The summed E-state index contributed by atoms with van der Waals surface area (Å²) >= 11 is 0. The van der Waals surface area contributed by atoms with Crippen molar-refractivity contribution in [3.63, 3.8) is 0 Å². The molecule has 0 unspecified atom stereocenters. The van der Waals surface area contributed by atoms with Gasteiger partial charge in [0.25, 0.3) is 0 Å². The molecule has 0 aliphatic carbocycles. The standard InChI is InChI=1S/C21H21N5O3/c1-13-11-19(24-16-9-7-15(8-10-16)20(28)29-3)26-21(22-13)25-18-6-4-5-17(12-18)23-14(2)27/h4-12H,1-3H3,(H,23,27)(H2,22,24,25,26). The zero-order valence-electron chi connectivity index (χ0n) is 16.3. The summed E-state index contributed by atoms with van der Waals surface area (Å²) in [6.45, 7) is 3.32. The Bertz CT molecular complexity index is 1030. The van der Waals surface area contributed by atoms with Crippen LogP contribution in [0.2, 0.25) is 0 Å². The molecule has 0 fully saturated rings. The molecule has 0 bridgehead atoms. The Morgan fingerprint density at radius 1 is 0.897 bits per heavy atom. The summed E-state index contributed by atoms with van der Waals surface area (Å²) in [5.41, 5.74) is 3.44. The Labute approximate surface area is 168 Å². The SMILES string of the molecule is COC(=O)c1ccc(Nc2cc(C)nc(Nc3cccc(NC(C)=O)c3)n2)cc1. The lowest BCUT2D eigenvalue weighted by molar-refractivity contribution is -0.114. The third-order valence-corrected chi connectivity index (χ3v) is 3.87. The monoisotopic (exact) mass is 391 g/mol. The minimum absolute atomic E-state index is 0.140. The smallest absolute Gasteiger partial charge is 0.337 e. The summed E-state index contributed by atoms with van der Waals surface area (Å²) in [7, 11) is 1.35. The predicted octanol–water partition coefficient (Wildman–Crippen LogP) is 4.02. The number of methoxy groups -OCH3 is 1. The molecule has 8 heteroatoms. The molecule has 3 N–H and O–H groups in total. The van der Waals surface area contributed by atoms with Crippen LogP contribution in [0.5, 0.6) is 0 Å². The number of carbonyl (C=O) groups is 2. The molecule has 8 nitrogen and oxygen atoms in total. The van der Waals surface area contributed by atoms with Gasteiger partial charge in [-0.15, -0.1) is 0 Å². The third kappa shape index (κ3) is 5.52. The summed E-state index contributed by atoms with van der Waals surface area (Å²) in [6, 6.07) is 16.0. The number of ether oxygens (including phenoxy) is 1. The average Bonchev–Trinajstić information content (AvgIpc) is 2.67. The largest absolute Gasteiger partial charge is 0.465 e. The molecule has 29 heavy (non-hydrogen) atoms. The minimum Gasteiger partial charge on any atom is -0.465 e. The Morgan fingerprint density at radius 2 is 1.62 bits per heavy atom. The van der Waals surface area contributed by atoms with Gasteiger partial charge in [-0.25, -0.2) is 9.78 Å². The lowest BCUT2D eigenvalue weighted by Gasteiger charge is -2.11. The van der Waals surface area contributed by atoms with E-state index in [-0.39, 0.29) is 11.9 Å². The van der Waals surface area contributed by atoms with E-state index in [0.717, 1.165) is 17.1 Å². The molecule has 3 aromatic rings. The fourth-order valence-electron chi connectivity index (χ4n) is 2.65. The minimum atomic E-state index is -0.387. The highest BCUT2D eigenvalue weighted by Crippen LogP contribution is 2.21. The van der Waals surface area contributed by atoms with E-state index in [1.54, 1.807) is 36.4 Å². The van der Waals surface area contributed by atoms with Crippen molar-refractivity contribution >= 4 is 40.7 Å². The molecular weight excluding hydrogens is 370 g/mol. The number of aryl methyl sites for hydroxylation is 1. The first-order valence-corrected chi connectivity index (χ1v) is 8.89. The maximum absolute atomic E-state index is 11.5. The summed E-state index contributed by atoms with van der Waals surface area (Å²) in [6.07, 6.45) is 0. The van der Waals surface area contributed by atoms with Crippen molar-refractivity contribution in [1.29, 1.82) is 0 Å². The number of nitrogens with one attached hydrogen (secondary N) is 3. The Kier molecular flexibility index (Phi) is 6.03. The number of hydrogen-bond acceptors (Lipinski definition) is 7. The lowest BCUT2D eigenvalue weighted by Crippen LogP contribution is -2.06. The van der Waals surface area contributed by atoms with Gasteiger partial charge in [0.1, 0.15) is 5.82 Å². The number of aromatic nitrogens is 2. The van der Waals surface area contributed by atoms with Gasteiger partial charge in [-0.2, -0.15) is 4.98 Å². The van der Waals surface area contributed by atoms with E-state index in [1.807, 2.05) is 25.1 Å². The number of benzene rings is 2. The molecule has 2 aromatic carbocycles. The van der Waals surface area contributed by atoms with Gasteiger partial charge in [0.2, 0.25) is 11.9 Å². The molecule has 0 saturated carbocycles. The van der Waals surface area contributed by atoms with Crippen LogP contribution in [0.4, 0.5) is 28.8 Å². The highest BCUT2D eigenvalue weighted by atomic mass is 16.5. The van der Waals surface area contributed by atoms with Gasteiger partial charge in [-0.1, -0.05) is 6.07 Å². The highest BCUT2D eigenvalue weighted by Gasteiger charge is 2.07. The first kappa shape index (κ1) is 19.8. The Morgan fingerprint density at radius 3 is 2.31 bits per heavy atom. The van der Waals surface area contributed by atoms with Gasteiger partial charge < -0.3 is 20.7 Å². The lowest BCUT2D eigenvalue weighted by atomic mass is 10.2. The van der Waals surface area contributed by atoms with Crippen LogP contribution in [0.25, 0.3) is 0 Å². The molecule has 0 saturated heterocycles. The number of anilines is 5. The molecule has 1 aromatic heterocycles. The molecule has 1 amide bonds. The maximum atomic E-state index is 11.5. The van der Waals surface area contributed by atoms with Crippen molar-refractivity contribution in [2.45, 2.75) is 13.8 Å². The van der Waals surface area contributed by atoms with E-state index in [0.29, 0.717) is 23.0 Å². The summed E-state index contributed by atoms with van der Waals surface area (Å²) in [4.78, 5) is 31.6. The molecule has 3 rings (SSSR count). The topological polar surface area (TPSA) is 105 Å². The van der Waals surface area contributed by atoms with Gasteiger partial charge in [-0.3, -0.25) is 4.79 Å². The molecule has 148 valence electrons. The summed E-state index contributed by atoms with van der Waals surface area (Å²) in [5, 5.41) is 9.07. The van der Waals surface area contributed by atoms with Crippen LogP contribution in [-0.2, 0) is 9.53 Å². The van der Waals surface area contributed by atoms with Crippen molar-refractivity contribution in [3.8, 4) is 0 Å². The van der Waals surface area contributed by atoms with E-state index in [4.69, 9.17) is 4.74 Å². The van der Waals surface area contributed by atoms with Gasteiger partial charge in [0.05, 0.1) is 12.7 Å². The highest BCUT2D eigenvalue weighted by molar-refractivity contribution is 5.90. The number of carbonyl (C=O) groups excluding carboxylic acids is 2. The molecule has 0 radical (unpaired) electrons. The van der Waals surface area contributed by atoms with Gasteiger partial charge in [0.15, 0.2) is 0 Å². The number of rotatable bonds is 6. The van der Waals surface area contributed by atoms with Crippen LogP contribution in [0.15, 0.2) is 54.6 Å². The summed E-state index contributed by atoms with van der Waals surface area (Å²) in [5.74, 6) is 0.489.